The number of hydrogen-bond donors (Lipinski definition) is 1. The third kappa shape index (κ3) is 8.85. The molecule has 0 heterocycles. The van der Waals surface area contributed by atoms with E-state index in [0.29, 0.717) is 0 Å². The molecule has 0 bridgehead atoms. The third-order valence-corrected chi connectivity index (χ3v) is 2.65. The summed E-state index contributed by atoms with van der Waals surface area (Å²) in [6, 6.07) is 0. The van der Waals surface area contributed by atoms with E-state index in [4.69, 9.17) is 9.47 Å². The first kappa shape index (κ1) is 14.9. The van der Waals surface area contributed by atoms with Gasteiger partial charge in [-0.3, -0.25) is 0 Å². The molecule has 0 rings (SSSR count). The quantitative estimate of drug-likeness (QED) is 0.601. The van der Waals surface area contributed by atoms with E-state index in [1.807, 2.05) is 0 Å². The summed E-state index contributed by atoms with van der Waals surface area (Å²) in [7, 11) is 1.72. The van der Waals surface area contributed by atoms with Crippen LogP contribution in [-0.4, -0.2) is 38.5 Å². The highest BCUT2D eigenvalue weighted by molar-refractivity contribution is 4.76. The van der Waals surface area contributed by atoms with E-state index >= 15 is 0 Å². The first-order valence-electron chi connectivity index (χ1n) is 5.87. The van der Waals surface area contributed by atoms with Gasteiger partial charge in [0, 0.05) is 32.4 Å². The van der Waals surface area contributed by atoms with E-state index in [2.05, 4.69) is 33.0 Å². The van der Waals surface area contributed by atoms with Crippen molar-refractivity contribution in [2.24, 2.45) is 0 Å². The molecule has 3 nitrogen and oxygen atoms in total. The summed E-state index contributed by atoms with van der Waals surface area (Å²) in [5.41, 5.74) is 0.212. The van der Waals surface area contributed by atoms with Gasteiger partial charge in [-0.1, -0.05) is 6.92 Å². The topological polar surface area (TPSA) is 30.5 Å². The fourth-order valence-corrected chi connectivity index (χ4v) is 1.09. The maximum absolute atomic E-state index is 5.64. The first-order chi connectivity index (χ1) is 7.02. The van der Waals surface area contributed by atoms with Crippen LogP contribution in [0.5, 0.6) is 0 Å². The molecule has 92 valence electrons. The largest absolute Gasteiger partial charge is 0.385 e. The molecule has 0 aromatic heterocycles. The predicted molar refractivity (Wildman–Crippen MR) is 64.3 cm³/mol. The third-order valence-electron chi connectivity index (χ3n) is 2.65. The molecule has 0 aliphatic heterocycles. The Labute approximate surface area is 94.5 Å². The lowest BCUT2D eigenvalue weighted by molar-refractivity contribution is 0.0463. The molecule has 0 saturated carbocycles. The van der Waals surface area contributed by atoms with Gasteiger partial charge in [0.15, 0.2) is 0 Å². The van der Waals surface area contributed by atoms with Gasteiger partial charge in [0.05, 0.1) is 6.10 Å². The van der Waals surface area contributed by atoms with E-state index < -0.39 is 0 Å². The second-order valence-electron chi connectivity index (χ2n) is 4.65. The Balaban J connectivity index is 3.44. The van der Waals surface area contributed by atoms with Crippen molar-refractivity contribution in [3.8, 4) is 0 Å². The smallest absolute Gasteiger partial charge is 0.0671 e. The Morgan fingerprint density at radius 1 is 1.27 bits per heavy atom. The van der Waals surface area contributed by atoms with Crippen LogP contribution in [0.15, 0.2) is 0 Å². The molecule has 0 amide bonds. The van der Waals surface area contributed by atoms with Gasteiger partial charge in [-0.25, -0.2) is 0 Å². The van der Waals surface area contributed by atoms with Gasteiger partial charge in [0.1, 0.15) is 0 Å². The second kappa shape index (κ2) is 8.08. The molecule has 15 heavy (non-hydrogen) atoms. The van der Waals surface area contributed by atoms with Crippen molar-refractivity contribution >= 4 is 0 Å². The van der Waals surface area contributed by atoms with Crippen molar-refractivity contribution in [3.63, 3.8) is 0 Å². The lowest BCUT2D eigenvalue weighted by Gasteiger charge is -2.26. The normalized spacial score (nSPS) is 14.2. The van der Waals surface area contributed by atoms with Crippen molar-refractivity contribution in [1.82, 2.24) is 5.32 Å². The summed E-state index contributed by atoms with van der Waals surface area (Å²) in [5.74, 6) is 0. The molecule has 1 unspecified atom stereocenters. The first-order valence-corrected chi connectivity index (χ1v) is 5.87. The average Bonchev–Trinajstić information content (AvgIpc) is 2.22. The number of rotatable bonds is 9. The Kier molecular flexibility index (Phi) is 8.02. The van der Waals surface area contributed by atoms with Crippen molar-refractivity contribution in [3.05, 3.63) is 0 Å². The number of nitrogens with one attached hydrogen (secondary N) is 1. The van der Waals surface area contributed by atoms with E-state index in [-0.39, 0.29) is 11.6 Å². The van der Waals surface area contributed by atoms with Crippen LogP contribution in [0.1, 0.15) is 40.5 Å². The van der Waals surface area contributed by atoms with Crippen LogP contribution < -0.4 is 5.32 Å². The van der Waals surface area contributed by atoms with Gasteiger partial charge >= 0.3 is 0 Å². The Hall–Kier alpha value is -0.120. The summed E-state index contributed by atoms with van der Waals surface area (Å²) >= 11 is 0. The van der Waals surface area contributed by atoms with Gasteiger partial charge in [-0.2, -0.15) is 0 Å². The zero-order valence-corrected chi connectivity index (χ0v) is 10.9. The zero-order chi connectivity index (χ0) is 11.7. The summed E-state index contributed by atoms with van der Waals surface area (Å²) in [4.78, 5) is 0. The maximum atomic E-state index is 5.64. The van der Waals surface area contributed by atoms with E-state index in [9.17, 15) is 0 Å². The molecule has 0 aromatic rings. The van der Waals surface area contributed by atoms with Gasteiger partial charge in [-0.05, 0) is 33.6 Å². The molecule has 0 radical (unpaired) electrons. The monoisotopic (exact) mass is 217 g/mol. The molecule has 0 saturated heterocycles. The van der Waals surface area contributed by atoms with Crippen molar-refractivity contribution in [1.29, 1.82) is 0 Å². The van der Waals surface area contributed by atoms with Gasteiger partial charge in [-0.15, -0.1) is 0 Å². The fraction of sp³-hybridized carbons (Fsp3) is 1.00. The van der Waals surface area contributed by atoms with Gasteiger partial charge < -0.3 is 14.8 Å². The van der Waals surface area contributed by atoms with E-state index in [0.717, 1.165) is 32.6 Å². The molecule has 3 heteroatoms. The number of ether oxygens (including phenoxy) is 2. The van der Waals surface area contributed by atoms with Crippen LogP contribution in [0.25, 0.3) is 0 Å². The lowest BCUT2D eigenvalue weighted by Crippen LogP contribution is -2.42. The minimum atomic E-state index is 0.212. The van der Waals surface area contributed by atoms with Crippen LogP contribution in [0.4, 0.5) is 0 Å². The molecule has 0 aliphatic rings. The number of methoxy groups -OCH3 is 1. The van der Waals surface area contributed by atoms with Crippen LogP contribution >= 0.6 is 0 Å². The predicted octanol–water partition coefficient (Wildman–Crippen LogP) is 2.21. The van der Waals surface area contributed by atoms with Crippen molar-refractivity contribution in [2.75, 3.05) is 26.9 Å². The molecule has 0 aromatic carbocycles. The van der Waals surface area contributed by atoms with Crippen molar-refractivity contribution in [2.45, 2.75) is 52.2 Å². The Morgan fingerprint density at radius 2 is 1.93 bits per heavy atom. The standard InChI is InChI=1S/C12H27NO2/c1-6-12(3,4)13-10-11(2)15-9-7-8-14-5/h11,13H,6-10H2,1-5H3. The highest BCUT2D eigenvalue weighted by atomic mass is 16.5. The Bertz CT molecular complexity index is 149. The zero-order valence-electron chi connectivity index (χ0n) is 10.9. The van der Waals surface area contributed by atoms with Crippen molar-refractivity contribution < 1.29 is 9.47 Å². The van der Waals surface area contributed by atoms with Crippen LogP contribution in [0.2, 0.25) is 0 Å². The molecular formula is C12H27NO2. The van der Waals surface area contributed by atoms with Crippen LogP contribution in [0.3, 0.4) is 0 Å². The maximum Gasteiger partial charge on any atom is 0.0671 e. The fourth-order valence-electron chi connectivity index (χ4n) is 1.09. The van der Waals surface area contributed by atoms with E-state index in [1.165, 1.54) is 0 Å². The van der Waals surface area contributed by atoms with Crippen LogP contribution in [-0.2, 0) is 9.47 Å². The minimum Gasteiger partial charge on any atom is -0.385 e. The van der Waals surface area contributed by atoms with Gasteiger partial charge in [0.2, 0.25) is 0 Å². The molecule has 1 atom stereocenters. The second-order valence-corrected chi connectivity index (χ2v) is 4.65. The average molecular weight is 217 g/mol. The molecule has 0 fully saturated rings. The van der Waals surface area contributed by atoms with E-state index in [1.54, 1.807) is 7.11 Å². The van der Waals surface area contributed by atoms with Gasteiger partial charge in [0.25, 0.3) is 0 Å². The highest BCUT2D eigenvalue weighted by Crippen LogP contribution is 2.06. The minimum absolute atomic E-state index is 0.212. The lowest BCUT2D eigenvalue weighted by atomic mass is 10.0. The SMILES string of the molecule is CCC(C)(C)NCC(C)OCCCOC. The van der Waals surface area contributed by atoms with Crippen LogP contribution in [0, 0.1) is 0 Å². The highest BCUT2D eigenvalue weighted by Gasteiger charge is 2.14. The molecular weight excluding hydrogens is 190 g/mol. The Morgan fingerprint density at radius 3 is 2.47 bits per heavy atom. The molecule has 0 aliphatic carbocycles. The molecule has 0 spiro atoms. The summed E-state index contributed by atoms with van der Waals surface area (Å²) in [6.07, 6.45) is 2.37. The summed E-state index contributed by atoms with van der Waals surface area (Å²) in [6.45, 7) is 11.2. The number of hydrogen-bond acceptors (Lipinski definition) is 3. The summed E-state index contributed by atoms with van der Waals surface area (Å²) < 4.78 is 10.6. The molecule has 1 N–H and O–H groups in total. The summed E-state index contributed by atoms with van der Waals surface area (Å²) in [5, 5.41) is 3.49.